The standard InChI is InChI=1S/C22H34N8O7/c23-13(10-17(24)32)18(33)30-16(11-31)20(35)29-15(9-12-5-2-1-3-6-12)19(34)28-14(21(36)37)7-4-8-27-22(25)26/h1-3,5-6,13-16,31H,4,7-11,23H2,(H2,24,32)(H,28,34)(H,29,35)(H,30,33)(H,36,37)(H4,25,26,27)/t13-,14-,15-,16-/m0/s1. The van der Waals surface area contributed by atoms with Gasteiger partial charge in [-0.2, -0.15) is 0 Å². The van der Waals surface area contributed by atoms with E-state index in [0.29, 0.717) is 5.56 Å². The number of amides is 4. The molecule has 1 rings (SSSR count). The van der Waals surface area contributed by atoms with E-state index in [0.717, 1.165) is 0 Å². The van der Waals surface area contributed by atoms with Crippen molar-refractivity contribution >= 4 is 35.6 Å². The molecule has 0 saturated carbocycles. The summed E-state index contributed by atoms with van der Waals surface area (Å²) in [5.74, 6) is -4.94. The Hall–Kier alpha value is -4.24. The fourth-order valence-corrected chi connectivity index (χ4v) is 3.15. The minimum atomic E-state index is -1.51. The number of aliphatic imine (C=N–C) groups is 1. The lowest BCUT2D eigenvalue weighted by Gasteiger charge is -2.24. The van der Waals surface area contributed by atoms with Crippen LogP contribution < -0.4 is 38.9 Å². The second-order valence-corrected chi connectivity index (χ2v) is 8.12. The van der Waals surface area contributed by atoms with Crippen LogP contribution in [0, 0.1) is 0 Å². The summed E-state index contributed by atoms with van der Waals surface area (Å²) in [5.41, 5.74) is 21.7. The highest BCUT2D eigenvalue weighted by molar-refractivity contribution is 5.95. The van der Waals surface area contributed by atoms with Crippen LogP contribution in [0.15, 0.2) is 35.3 Å². The van der Waals surface area contributed by atoms with Gasteiger partial charge in [-0.3, -0.25) is 24.2 Å². The first-order chi connectivity index (χ1) is 17.4. The van der Waals surface area contributed by atoms with E-state index in [1.807, 2.05) is 0 Å². The molecule has 204 valence electrons. The molecule has 4 atom stereocenters. The predicted molar refractivity (Wildman–Crippen MR) is 132 cm³/mol. The molecule has 0 aliphatic rings. The number of aliphatic hydroxyl groups is 1. The number of carbonyl (C=O) groups is 5. The number of benzene rings is 1. The van der Waals surface area contributed by atoms with Gasteiger partial charge in [-0.25, -0.2) is 4.79 Å². The van der Waals surface area contributed by atoms with E-state index in [1.54, 1.807) is 30.3 Å². The van der Waals surface area contributed by atoms with Crippen LogP contribution in [0.5, 0.6) is 0 Å². The number of hydrogen-bond acceptors (Lipinski definition) is 8. The second kappa shape index (κ2) is 15.7. The monoisotopic (exact) mass is 522 g/mol. The van der Waals surface area contributed by atoms with Gasteiger partial charge in [0.25, 0.3) is 0 Å². The summed E-state index contributed by atoms with van der Waals surface area (Å²) < 4.78 is 0. The van der Waals surface area contributed by atoms with Crippen molar-refractivity contribution in [1.82, 2.24) is 16.0 Å². The Bertz CT molecular complexity index is 969. The lowest BCUT2D eigenvalue weighted by molar-refractivity contribution is -0.142. The van der Waals surface area contributed by atoms with E-state index in [1.165, 1.54) is 0 Å². The Kier molecular flexibility index (Phi) is 13.1. The summed E-state index contributed by atoms with van der Waals surface area (Å²) in [7, 11) is 0. The van der Waals surface area contributed by atoms with Crippen molar-refractivity contribution in [2.24, 2.45) is 27.9 Å². The first-order valence-electron chi connectivity index (χ1n) is 11.3. The van der Waals surface area contributed by atoms with Crippen LogP contribution in [0.25, 0.3) is 0 Å². The third-order valence-electron chi connectivity index (χ3n) is 5.05. The van der Waals surface area contributed by atoms with Crippen molar-refractivity contribution < 1.29 is 34.2 Å². The number of carboxylic acid groups (broad SMARTS) is 1. The van der Waals surface area contributed by atoms with Crippen LogP contribution in [0.2, 0.25) is 0 Å². The van der Waals surface area contributed by atoms with Crippen LogP contribution in [-0.4, -0.2) is 83.1 Å². The van der Waals surface area contributed by atoms with Gasteiger partial charge in [-0.05, 0) is 18.4 Å². The van der Waals surface area contributed by atoms with E-state index < -0.39 is 66.8 Å². The van der Waals surface area contributed by atoms with Gasteiger partial charge in [0.2, 0.25) is 23.6 Å². The van der Waals surface area contributed by atoms with E-state index in [9.17, 15) is 34.2 Å². The Labute approximate surface area is 213 Å². The average Bonchev–Trinajstić information content (AvgIpc) is 2.83. The van der Waals surface area contributed by atoms with Crippen molar-refractivity contribution in [3.05, 3.63) is 35.9 Å². The zero-order chi connectivity index (χ0) is 28.0. The fraction of sp³-hybridized carbons (Fsp3) is 0.455. The molecule has 0 aromatic heterocycles. The summed E-state index contributed by atoms with van der Waals surface area (Å²) in [4.78, 5) is 64.4. The van der Waals surface area contributed by atoms with Gasteiger partial charge in [0.05, 0.1) is 19.1 Å². The zero-order valence-electron chi connectivity index (χ0n) is 20.1. The molecular weight excluding hydrogens is 488 g/mol. The number of carboxylic acids is 1. The summed E-state index contributed by atoms with van der Waals surface area (Å²) in [6, 6.07) is 3.16. The summed E-state index contributed by atoms with van der Waals surface area (Å²) in [6.45, 7) is -0.689. The Morgan fingerprint density at radius 2 is 1.43 bits per heavy atom. The van der Waals surface area contributed by atoms with Crippen molar-refractivity contribution in [3.63, 3.8) is 0 Å². The molecule has 0 radical (unpaired) electrons. The van der Waals surface area contributed by atoms with Gasteiger partial charge < -0.3 is 49.1 Å². The number of rotatable bonds is 16. The van der Waals surface area contributed by atoms with Crippen LogP contribution in [-0.2, 0) is 30.4 Å². The molecule has 0 saturated heterocycles. The lowest BCUT2D eigenvalue weighted by Crippen LogP contribution is -2.58. The molecule has 0 aliphatic heterocycles. The molecule has 4 amide bonds. The number of carbonyl (C=O) groups excluding carboxylic acids is 4. The topological polar surface area (TPSA) is 278 Å². The normalized spacial score (nSPS) is 13.8. The van der Waals surface area contributed by atoms with Gasteiger partial charge in [0.15, 0.2) is 5.96 Å². The molecule has 13 N–H and O–H groups in total. The number of nitrogens with one attached hydrogen (secondary N) is 3. The molecule has 37 heavy (non-hydrogen) atoms. The van der Waals surface area contributed by atoms with Crippen molar-refractivity contribution in [2.45, 2.75) is 49.9 Å². The number of primary amides is 1. The molecule has 0 fully saturated rings. The molecule has 15 heteroatoms. The number of aliphatic hydroxyl groups excluding tert-OH is 1. The van der Waals surface area contributed by atoms with Crippen LogP contribution in [0.3, 0.4) is 0 Å². The number of nitrogens with zero attached hydrogens (tertiary/aromatic N) is 1. The molecule has 1 aromatic rings. The largest absolute Gasteiger partial charge is 0.480 e. The van der Waals surface area contributed by atoms with Gasteiger partial charge in [0, 0.05) is 13.0 Å². The highest BCUT2D eigenvalue weighted by atomic mass is 16.4. The SMILES string of the molecule is NC(=O)C[C@H](N)C(=O)N[C@@H](CO)C(=O)N[C@@H](Cc1ccccc1)C(=O)N[C@@H](CCCN=C(N)N)C(=O)O. The first kappa shape index (κ1) is 30.8. The summed E-state index contributed by atoms with van der Waals surface area (Å²) >= 11 is 0. The third-order valence-corrected chi connectivity index (χ3v) is 5.05. The summed E-state index contributed by atoms with van der Waals surface area (Å²) in [5, 5.41) is 26.1. The van der Waals surface area contributed by atoms with Crippen LogP contribution in [0.4, 0.5) is 0 Å². The van der Waals surface area contributed by atoms with E-state index in [-0.39, 0.29) is 31.8 Å². The molecule has 1 aromatic carbocycles. The van der Waals surface area contributed by atoms with Crippen molar-refractivity contribution in [1.29, 1.82) is 0 Å². The Balaban J connectivity index is 2.99. The summed E-state index contributed by atoms with van der Waals surface area (Å²) in [6.07, 6.45) is -0.234. The highest BCUT2D eigenvalue weighted by Gasteiger charge is 2.30. The van der Waals surface area contributed by atoms with Gasteiger partial charge >= 0.3 is 5.97 Å². The number of nitrogens with two attached hydrogens (primary N) is 4. The third kappa shape index (κ3) is 11.8. The van der Waals surface area contributed by atoms with Crippen LogP contribution in [0.1, 0.15) is 24.8 Å². The minimum absolute atomic E-state index is 0.0108. The molecule has 0 unspecified atom stereocenters. The van der Waals surface area contributed by atoms with Gasteiger partial charge in [-0.1, -0.05) is 30.3 Å². The van der Waals surface area contributed by atoms with E-state index in [2.05, 4.69) is 20.9 Å². The van der Waals surface area contributed by atoms with Gasteiger partial charge in [-0.15, -0.1) is 0 Å². The maximum atomic E-state index is 13.0. The second-order valence-electron chi connectivity index (χ2n) is 8.12. The molecule has 0 heterocycles. The maximum absolute atomic E-state index is 13.0. The minimum Gasteiger partial charge on any atom is -0.480 e. The molecule has 0 aliphatic carbocycles. The maximum Gasteiger partial charge on any atom is 0.326 e. The average molecular weight is 523 g/mol. The number of hydrogen-bond donors (Lipinski definition) is 9. The molecule has 15 nitrogen and oxygen atoms in total. The van der Waals surface area contributed by atoms with E-state index in [4.69, 9.17) is 22.9 Å². The first-order valence-corrected chi connectivity index (χ1v) is 11.3. The number of guanidine groups is 1. The smallest absolute Gasteiger partial charge is 0.326 e. The Morgan fingerprint density at radius 3 is 1.97 bits per heavy atom. The molecule has 0 spiro atoms. The van der Waals surface area contributed by atoms with E-state index >= 15 is 0 Å². The van der Waals surface area contributed by atoms with Crippen LogP contribution >= 0.6 is 0 Å². The quantitative estimate of drug-likeness (QED) is 0.0576. The lowest BCUT2D eigenvalue weighted by atomic mass is 10.0. The molecule has 0 bridgehead atoms. The van der Waals surface area contributed by atoms with Crippen molar-refractivity contribution in [2.75, 3.05) is 13.2 Å². The zero-order valence-corrected chi connectivity index (χ0v) is 20.1. The number of aliphatic carboxylic acids is 1. The Morgan fingerprint density at radius 1 is 0.865 bits per heavy atom. The van der Waals surface area contributed by atoms with Gasteiger partial charge in [0.1, 0.15) is 18.1 Å². The highest BCUT2D eigenvalue weighted by Crippen LogP contribution is 2.06. The van der Waals surface area contributed by atoms with Crippen molar-refractivity contribution in [3.8, 4) is 0 Å². The fourth-order valence-electron chi connectivity index (χ4n) is 3.15. The molecular formula is C22H34N8O7. The predicted octanol–water partition coefficient (Wildman–Crippen LogP) is -3.98.